The van der Waals surface area contributed by atoms with Crippen LogP contribution in [-0.4, -0.2) is 41.0 Å². The van der Waals surface area contributed by atoms with Gasteiger partial charge in [0.25, 0.3) is 0 Å². The van der Waals surface area contributed by atoms with Crippen molar-refractivity contribution in [1.29, 1.82) is 0 Å². The summed E-state index contributed by atoms with van der Waals surface area (Å²) in [4.78, 5) is 29.5. The van der Waals surface area contributed by atoms with E-state index in [-0.39, 0.29) is 17.8 Å². The molecule has 0 aliphatic carbocycles. The minimum atomic E-state index is -0.379. The average Bonchev–Trinajstić information content (AvgIpc) is 2.90. The molecule has 1 saturated heterocycles. The molecule has 2 N–H and O–H groups in total. The molecule has 0 radical (unpaired) electrons. The van der Waals surface area contributed by atoms with Gasteiger partial charge in [-0.15, -0.1) is 11.3 Å². The van der Waals surface area contributed by atoms with Crippen molar-refractivity contribution in [3.8, 4) is 0 Å². The summed E-state index contributed by atoms with van der Waals surface area (Å²) in [5, 5.41) is 2.25. The van der Waals surface area contributed by atoms with Gasteiger partial charge in [-0.2, -0.15) is 0 Å². The number of likely N-dealkylation sites (tertiary alicyclic amines) is 1. The first kappa shape index (κ1) is 15.9. The number of carbonyl (C=O) groups excluding carboxylic acids is 2. The van der Waals surface area contributed by atoms with Crippen molar-refractivity contribution in [2.24, 2.45) is 11.7 Å². The number of aromatic nitrogens is 1. The van der Waals surface area contributed by atoms with Gasteiger partial charge in [0.1, 0.15) is 0 Å². The fourth-order valence-corrected chi connectivity index (χ4v) is 3.21. The lowest BCUT2D eigenvalue weighted by atomic mass is 9.93. The highest BCUT2D eigenvalue weighted by molar-refractivity contribution is 7.11. The first-order valence-electron chi connectivity index (χ1n) is 7.16. The molecule has 1 aliphatic rings. The van der Waals surface area contributed by atoms with Crippen LogP contribution in [0.15, 0.2) is 5.38 Å². The van der Waals surface area contributed by atoms with E-state index < -0.39 is 0 Å². The Hall–Kier alpha value is -1.47. The fourth-order valence-electron chi connectivity index (χ4n) is 2.51. The van der Waals surface area contributed by atoms with Gasteiger partial charge >= 0.3 is 5.97 Å². The van der Waals surface area contributed by atoms with E-state index in [0.717, 1.165) is 18.5 Å². The summed E-state index contributed by atoms with van der Waals surface area (Å²) in [7, 11) is 0. The molecule has 21 heavy (non-hydrogen) atoms. The molecule has 0 unspecified atom stereocenters. The first-order chi connectivity index (χ1) is 10.0. The standard InChI is InChI=1S/C14H21N3O3S/c1-3-20-14(19)13-16-11(8-21-13)7-17-6-10(12(15)18)5-4-9(17)2/h8-10H,3-7H2,1-2H3,(H2,15,18)/t9-,10-/m1/s1. The number of ether oxygens (including phenoxy) is 1. The monoisotopic (exact) mass is 311 g/mol. The van der Waals surface area contributed by atoms with Crippen molar-refractivity contribution >= 4 is 23.2 Å². The van der Waals surface area contributed by atoms with E-state index in [9.17, 15) is 9.59 Å². The molecule has 1 amide bonds. The molecule has 2 atom stereocenters. The Kier molecular flexibility index (Phi) is 5.30. The highest BCUT2D eigenvalue weighted by Crippen LogP contribution is 2.24. The maximum Gasteiger partial charge on any atom is 0.367 e. The molecule has 1 aromatic heterocycles. The zero-order valence-electron chi connectivity index (χ0n) is 12.4. The number of primary amides is 1. The maximum absolute atomic E-state index is 11.6. The molecule has 1 fully saturated rings. The zero-order valence-corrected chi connectivity index (χ0v) is 13.2. The molecule has 6 nitrogen and oxygen atoms in total. The third-order valence-corrected chi connectivity index (χ3v) is 4.65. The van der Waals surface area contributed by atoms with Gasteiger partial charge in [0.2, 0.25) is 10.9 Å². The number of hydrogen-bond acceptors (Lipinski definition) is 6. The minimum Gasteiger partial charge on any atom is -0.461 e. The van der Waals surface area contributed by atoms with Gasteiger partial charge in [-0.1, -0.05) is 0 Å². The van der Waals surface area contributed by atoms with Crippen LogP contribution >= 0.6 is 11.3 Å². The minimum absolute atomic E-state index is 0.0932. The molecule has 0 bridgehead atoms. The lowest BCUT2D eigenvalue weighted by Crippen LogP contribution is -2.45. The average molecular weight is 311 g/mol. The molecule has 116 valence electrons. The lowest BCUT2D eigenvalue weighted by molar-refractivity contribution is -0.124. The summed E-state index contributed by atoms with van der Waals surface area (Å²) >= 11 is 1.29. The number of piperidine rings is 1. The van der Waals surface area contributed by atoms with Crippen LogP contribution in [0.1, 0.15) is 42.2 Å². The van der Waals surface area contributed by atoms with Gasteiger partial charge in [0.15, 0.2) is 0 Å². The van der Waals surface area contributed by atoms with E-state index in [1.54, 1.807) is 6.92 Å². The Bertz CT molecular complexity index is 517. The normalized spacial score (nSPS) is 23.0. The predicted octanol–water partition coefficient (Wildman–Crippen LogP) is 1.41. The highest BCUT2D eigenvalue weighted by Gasteiger charge is 2.29. The second-order valence-electron chi connectivity index (χ2n) is 5.32. The van der Waals surface area contributed by atoms with E-state index in [1.165, 1.54) is 11.3 Å². The molecular formula is C14H21N3O3S. The molecule has 1 aliphatic heterocycles. The van der Waals surface area contributed by atoms with Gasteiger partial charge < -0.3 is 10.5 Å². The van der Waals surface area contributed by atoms with Crippen LogP contribution in [0.3, 0.4) is 0 Å². The Balaban J connectivity index is 2.00. The summed E-state index contributed by atoms with van der Waals surface area (Å²) in [6.07, 6.45) is 1.79. The molecule has 0 spiro atoms. The van der Waals surface area contributed by atoms with Crippen LogP contribution in [0.4, 0.5) is 0 Å². The molecule has 0 aromatic carbocycles. The third-order valence-electron chi connectivity index (χ3n) is 3.78. The van der Waals surface area contributed by atoms with Crippen LogP contribution in [-0.2, 0) is 16.1 Å². The Morgan fingerprint density at radius 1 is 1.52 bits per heavy atom. The Morgan fingerprint density at radius 2 is 2.29 bits per heavy atom. The zero-order chi connectivity index (χ0) is 15.4. The van der Waals surface area contributed by atoms with Gasteiger partial charge in [-0.3, -0.25) is 9.69 Å². The largest absolute Gasteiger partial charge is 0.461 e. The molecule has 2 heterocycles. The third kappa shape index (κ3) is 4.01. The molecule has 7 heteroatoms. The fraction of sp³-hybridized carbons (Fsp3) is 0.643. The van der Waals surface area contributed by atoms with Gasteiger partial charge in [0, 0.05) is 24.5 Å². The quantitative estimate of drug-likeness (QED) is 0.831. The number of thiazole rings is 1. The summed E-state index contributed by atoms with van der Waals surface area (Å²) in [5.74, 6) is -0.711. The van der Waals surface area contributed by atoms with Crippen molar-refractivity contribution in [1.82, 2.24) is 9.88 Å². The number of esters is 1. The summed E-state index contributed by atoms with van der Waals surface area (Å²) in [5.41, 5.74) is 6.24. The SMILES string of the molecule is CCOC(=O)c1nc(CN2C[C@H](C(N)=O)CC[C@H]2C)cs1. The smallest absolute Gasteiger partial charge is 0.367 e. The van der Waals surface area contributed by atoms with Crippen molar-refractivity contribution in [2.75, 3.05) is 13.2 Å². The number of nitrogens with two attached hydrogens (primary N) is 1. The molecule has 0 saturated carbocycles. The second-order valence-corrected chi connectivity index (χ2v) is 6.18. The van der Waals surface area contributed by atoms with E-state index in [4.69, 9.17) is 10.5 Å². The van der Waals surface area contributed by atoms with Gasteiger partial charge in [0.05, 0.1) is 18.2 Å². The number of nitrogens with zero attached hydrogens (tertiary/aromatic N) is 2. The van der Waals surface area contributed by atoms with E-state index in [0.29, 0.717) is 30.7 Å². The Morgan fingerprint density at radius 3 is 2.95 bits per heavy atom. The second kappa shape index (κ2) is 7.00. The predicted molar refractivity (Wildman–Crippen MR) is 79.9 cm³/mol. The van der Waals surface area contributed by atoms with E-state index in [2.05, 4.69) is 16.8 Å². The van der Waals surface area contributed by atoms with Crippen LogP contribution in [0.2, 0.25) is 0 Å². The first-order valence-corrected chi connectivity index (χ1v) is 8.04. The van der Waals surface area contributed by atoms with Gasteiger partial charge in [-0.05, 0) is 26.7 Å². The number of carbonyl (C=O) groups is 2. The molecule has 2 rings (SSSR count). The lowest BCUT2D eigenvalue weighted by Gasteiger charge is -2.36. The summed E-state index contributed by atoms with van der Waals surface area (Å²) < 4.78 is 4.94. The van der Waals surface area contributed by atoms with Crippen LogP contribution in [0.5, 0.6) is 0 Å². The van der Waals surface area contributed by atoms with Crippen LogP contribution < -0.4 is 5.73 Å². The Labute approximate surface area is 128 Å². The van der Waals surface area contributed by atoms with Crippen molar-refractivity contribution in [2.45, 2.75) is 39.3 Å². The van der Waals surface area contributed by atoms with Crippen LogP contribution in [0, 0.1) is 5.92 Å². The van der Waals surface area contributed by atoms with E-state index >= 15 is 0 Å². The van der Waals surface area contributed by atoms with Gasteiger partial charge in [-0.25, -0.2) is 9.78 Å². The summed E-state index contributed by atoms with van der Waals surface area (Å²) in [6.45, 7) is 5.53. The number of rotatable bonds is 5. The molecule has 1 aromatic rings. The topological polar surface area (TPSA) is 85.5 Å². The maximum atomic E-state index is 11.6. The highest BCUT2D eigenvalue weighted by atomic mass is 32.1. The number of amides is 1. The van der Waals surface area contributed by atoms with E-state index in [1.807, 2.05) is 5.38 Å². The van der Waals surface area contributed by atoms with Crippen molar-refractivity contribution < 1.29 is 14.3 Å². The van der Waals surface area contributed by atoms with Crippen LogP contribution in [0.25, 0.3) is 0 Å². The molecular weight excluding hydrogens is 290 g/mol. The number of hydrogen-bond donors (Lipinski definition) is 1. The summed E-state index contributed by atoms with van der Waals surface area (Å²) in [6, 6.07) is 0.383. The van der Waals surface area contributed by atoms with Crippen molar-refractivity contribution in [3.05, 3.63) is 16.1 Å². The van der Waals surface area contributed by atoms with Crippen molar-refractivity contribution in [3.63, 3.8) is 0 Å².